The maximum Gasteiger partial charge on any atom is 0.287 e. The van der Waals surface area contributed by atoms with E-state index in [-0.39, 0.29) is 11.7 Å². The predicted octanol–water partition coefficient (Wildman–Crippen LogP) is 2.45. The molecular formula is C26H30FN3O+2. The van der Waals surface area contributed by atoms with E-state index in [9.17, 15) is 9.18 Å². The fourth-order valence-corrected chi connectivity index (χ4v) is 4.30. The summed E-state index contributed by atoms with van der Waals surface area (Å²) < 4.78 is 13.2. The molecule has 5 heteroatoms. The van der Waals surface area contributed by atoms with E-state index in [1.165, 1.54) is 49.2 Å². The van der Waals surface area contributed by atoms with Crippen LogP contribution in [-0.2, 0) is 17.9 Å². The fraction of sp³-hybridized carbons (Fsp3) is 0.269. The minimum Gasteiger partial charge on any atom is -0.331 e. The first kappa shape index (κ1) is 21.2. The van der Waals surface area contributed by atoms with Crippen molar-refractivity contribution < 1.29 is 19.4 Å². The SMILES string of the molecule is O=C(Nc1ccc(F)cc1)[C@H]([NH2+]Cc1ccccc1C[NH+]1CCCC1)c1ccccc1. The van der Waals surface area contributed by atoms with Crippen LogP contribution in [0.25, 0.3) is 0 Å². The summed E-state index contributed by atoms with van der Waals surface area (Å²) in [7, 11) is 0. The first-order valence-corrected chi connectivity index (χ1v) is 11.0. The number of nitrogens with two attached hydrogens (primary N) is 1. The molecule has 3 aromatic carbocycles. The highest BCUT2D eigenvalue weighted by Crippen LogP contribution is 2.15. The highest BCUT2D eigenvalue weighted by Gasteiger charge is 2.25. The zero-order valence-electron chi connectivity index (χ0n) is 17.7. The molecule has 31 heavy (non-hydrogen) atoms. The Morgan fingerprint density at radius 1 is 0.903 bits per heavy atom. The average molecular weight is 420 g/mol. The lowest BCUT2D eigenvalue weighted by Gasteiger charge is -2.18. The van der Waals surface area contributed by atoms with Crippen LogP contribution in [0.5, 0.6) is 0 Å². The van der Waals surface area contributed by atoms with Gasteiger partial charge in [-0.1, -0.05) is 54.6 Å². The summed E-state index contributed by atoms with van der Waals surface area (Å²) in [6.07, 6.45) is 2.62. The molecule has 0 aromatic heterocycles. The number of amides is 1. The third-order valence-electron chi connectivity index (χ3n) is 6.00. The van der Waals surface area contributed by atoms with Gasteiger partial charge in [-0.3, -0.25) is 4.79 Å². The molecule has 0 bridgehead atoms. The van der Waals surface area contributed by atoms with Gasteiger partial charge in [-0.2, -0.15) is 0 Å². The number of quaternary nitrogens is 2. The summed E-state index contributed by atoms with van der Waals surface area (Å²) in [4.78, 5) is 14.8. The summed E-state index contributed by atoms with van der Waals surface area (Å²) in [5.74, 6) is -0.429. The van der Waals surface area contributed by atoms with Crippen molar-refractivity contribution in [1.29, 1.82) is 0 Å². The number of rotatable bonds is 8. The first-order chi connectivity index (χ1) is 15.2. The molecule has 4 nitrogen and oxygen atoms in total. The van der Waals surface area contributed by atoms with E-state index >= 15 is 0 Å². The van der Waals surface area contributed by atoms with Crippen molar-refractivity contribution in [1.82, 2.24) is 0 Å². The molecule has 1 amide bonds. The lowest BCUT2D eigenvalue weighted by atomic mass is 10.0. The van der Waals surface area contributed by atoms with Gasteiger partial charge in [0.05, 0.1) is 13.1 Å². The maximum absolute atomic E-state index is 13.2. The Hall–Kier alpha value is -3.02. The molecule has 1 heterocycles. The molecule has 1 aliphatic rings. The molecule has 0 saturated carbocycles. The molecule has 0 unspecified atom stereocenters. The molecule has 1 aliphatic heterocycles. The summed E-state index contributed by atoms with van der Waals surface area (Å²) in [5, 5.41) is 5.03. The van der Waals surface area contributed by atoms with Crippen LogP contribution in [0.2, 0.25) is 0 Å². The normalized spacial score (nSPS) is 15.0. The zero-order valence-corrected chi connectivity index (χ0v) is 17.7. The van der Waals surface area contributed by atoms with E-state index in [0.29, 0.717) is 5.69 Å². The van der Waals surface area contributed by atoms with Crippen molar-refractivity contribution in [3.8, 4) is 0 Å². The molecule has 0 aliphatic carbocycles. The highest BCUT2D eigenvalue weighted by atomic mass is 19.1. The van der Waals surface area contributed by atoms with Crippen LogP contribution in [0.1, 0.15) is 35.6 Å². The van der Waals surface area contributed by atoms with Gasteiger partial charge < -0.3 is 15.5 Å². The number of likely N-dealkylation sites (tertiary alicyclic amines) is 1. The van der Waals surface area contributed by atoms with Gasteiger partial charge in [0, 0.05) is 35.2 Å². The second kappa shape index (κ2) is 10.3. The standard InChI is InChI=1S/C26H28FN3O/c27-23-12-14-24(15-13-23)29-26(31)25(20-8-2-1-3-9-20)28-18-21-10-4-5-11-22(21)19-30-16-6-7-17-30/h1-5,8-15,25,28H,6-7,16-19H2,(H,29,31)/p+2/t25-/m1/s1. The second-order valence-corrected chi connectivity index (χ2v) is 8.23. The summed E-state index contributed by atoms with van der Waals surface area (Å²) in [6, 6.07) is 23.9. The van der Waals surface area contributed by atoms with Crippen molar-refractivity contribution in [2.75, 3.05) is 18.4 Å². The number of carbonyl (C=O) groups excluding carboxylic acids is 1. The smallest absolute Gasteiger partial charge is 0.287 e. The monoisotopic (exact) mass is 419 g/mol. The number of anilines is 1. The Balaban J connectivity index is 1.49. The Morgan fingerprint density at radius 3 is 2.26 bits per heavy atom. The highest BCUT2D eigenvalue weighted by molar-refractivity contribution is 5.94. The Kier molecular flexibility index (Phi) is 7.07. The maximum atomic E-state index is 13.2. The van der Waals surface area contributed by atoms with E-state index in [4.69, 9.17) is 0 Å². The largest absolute Gasteiger partial charge is 0.331 e. The lowest BCUT2D eigenvalue weighted by molar-refractivity contribution is -0.901. The van der Waals surface area contributed by atoms with Crippen LogP contribution in [0.4, 0.5) is 10.1 Å². The van der Waals surface area contributed by atoms with Crippen molar-refractivity contribution in [3.05, 3.63) is 101 Å². The van der Waals surface area contributed by atoms with E-state index in [0.717, 1.165) is 18.7 Å². The molecule has 1 fully saturated rings. The predicted molar refractivity (Wildman–Crippen MR) is 120 cm³/mol. The van der Waals surface area contributed by atoms with Crippen molar-refractivity contribution in [2.45, 2.75) is 32.0 Å². The van der Waals surface area contributed by atoms with Crippen molar-refractivity contribution in [3.63, 3.8) is 0 Å². The van der Waals surface area contributed by atoms with Crippen LogP contribution < -0.4 is 15.5 Å². The van der Waals surface area contributed by atoms with Gasteiger partial charge in [-0.05, 0) is 24.3 Å². The number of hydrogen-bond donors (Lipinski definition) is 3. The molecule has 0 spiro atoms. The van der Waals surface area contributed by atoms with Gasteiger partial charge in [0.2, 0.25) is 0 Å². The quantitative estimate of drug-likeness (QED) is 0.516. The molecular weight excluding hydrogens is 389 g/mol. The van der Waals surface area contributed by atoms with Crippen LogP contribution in [-0.4, -0.2) is 19.0 Å². The van der Waals surface area contributed by atoms with Gasteiger partial charge in [0.25, 0.3) is 5.91 Å². The fourth-order valence-electron chi connectivity index (χ4n) is 4.30. The van der Waals surface area contributed by atoms with E-state index < -0.39 is 6.04 Å². The van der Waals surface area contributed by atoms with E-state index in [1.54, 1.807) is 17.0 Å². The van der Waals surface area contributed by atoms with Crippen LogP contribution in [0.3, 0.4) is 0 Å². The molecule has 0 radical (unpaired) electrons. The second-order valence-electron chi connectivity index (χ2n) is 8.23. The van der Waals surface area contributed by atoms with Gasteiger partial charge >= 0.3 is 0 Å². The zero-order chi connectivity index (χ0) is 21.5. The number of hydrogen-bond acceptors (Lipinski definition) is 1. The topological polar surface area (TPSA) is 50.1 Å². The van der Waals surface area contributed by atoms with Crippen LogP contribution in [0.15, 0.2) is 78.9 Å². The minimum absolute atomic E-state index is 0.111. The molecule has 3 aromatic rings. The number of carbonyl (C=O) groups is 1. The van der Waals surface area contributed by atoms with E-state index in [2.05, 4.69) is 34.9 Å². The number of benzene rings is 3. The minimum atomic E-state index is -0.390. The first-order valence-electron chi connectivity index (χ1n) is 11.0. The van der Waals surface area contributed by atoms with Gasteiger partial charge in [-0.25, -0.2) is 4.39 Å². The van der Waals surface area contributed by atoms with Crippen LogP contribution in [0, 0.1) is 5.82 Å². The summed E-state index contributed by atoms with van der Waals surface area (Å²) >= 11 is 0. The average Bonchev–Trinajstić information content (AvgIpc) is 3.30. The Bertz CT molecular complexity index is 985. The Morgan fingerprint density at radius 2 is 1.55 bits per heavy atom. The van der Waals surface area contributed by atoms with Gasteiger partial charge in [0.1, 0.15) is 18.9 Å². The van der Waals surface area contributed by atoms with Crippen molar-refractivity contribution >= 4 is 11.6 Å². The molecule has 1 saturated heterocycles. The lowest BCUT2D eigenvalue weighted by Crippen LogP contribution is -3.08. The molecule has 4 N–H and O–H groups in total. The van der Waals surface area contributed by atoms with Gasteiger partial charge in [0.15, 0.2) is 6.04 Å². The van der Waals surface area contributed by atoms with Crippen LogP contribution >= 0.6 is 0 Å². The Labute approximate surface area is 183 Å². The summed E-state index contributed by atoms with van der Waals surface area (Å²) in [5.41, 5.74) is 4.18. The third kappa shape index (κ3) is 5.78. The van der Waals surface area contributed by atoms with E-state index in [1.807, 2.05) is 30.3 Å². The van der Waals surface area contributed by atoms with Crippen molar-refractivity contribution in [2.24, 2.45) is 0 Å². The molecule has 4 rings (SSSR count). The van der Waals surface area contributed by atoms with Gasteiger partial charge in [-0.15, -0.1) is 0 Å². The third-order valence-corrected chi connectivity index (χ3v) is 6.00. The summed E-state index contributed by atoms with van der Waals surface area (Å²) in [6.45, 7) is 4.25. The number of nitrogens with one attached hydrogen (secondary N) is 2. The molecule has 160 valence electrons. The number of halogens is 1. The molecule has 1 atom stereocenters.